The summed E-state index contributed by atoms with van der Waals surface area (Å²) in [5.74, 6) is 1.58. The van der Waals surface area contributed by atoms with Crippen LogP contribution in [0.1, 0.15) is 37.5 Å². The van der Waals surface area contributed by atoms with Crippen molar-refractivity contribution in [3.8, 4) is 11.5 Å². The van der Waals surface area contributed by atoms with Gasteiger partial charge in [0.05, 0.1) is 20.3 Å². The van der Waals surface area contributed by atoms with E-state index in [1.165, 1.54) is 0 Å². The summed E-state index contributed by atoms with van der Waals surface area (Å²) in [7, 11) is 3.28. The van der Waals surface area contributed by atoms with Crippen molar-refractivity contribution in [3.63, 3.8) is 0 Å². The van der Waals surface area contributed by atoms with Crippen molar-refractivity contribution >= 4 is 0 Å². The van der Waals surface area contributed by atoms with Crippen LogP contribution in [0.25, 0.3) is 0 Å². The highest BCUT2D eigenvalue weighted by molar-refractivity contribution is 5.56. The first-order valence-corrected chi connectivity index (χ1v) is 5.44. The second-order valence-corrected chi connectivity index (χ2v) is 4.86. The molecule has 0 spiro atoms. The Bertz CT molecular complexity index is 410. The van der Waals surface area contributed by atoms with E-state index in [1.807, 2.05) is 12.1 Å². The predicted molar refractivity (Wildman–Crippen MR) is 62.1 cm³/mol. The van der Waals surface area contributed by atoms with Crippen LogP contribution in [-0.2, 0) is 5.41 Å². The zero-order valence-corrected chi connectivity index (χ0v) is 10.2. The van der Waals surface area contributed by atoms with E-state index in [9.17, 15) is 5.11 Å². The van der Waals surface area contributed by atoms with Crippen LogP contribution in [0, 0.1) is 0 Å². The number of fused-ring (bicyclic) bond motifs is 1. The Morgan fingerprint density at radius 1 is 1.19 bits per heavy atom. The highest BCUT2D eigenvalue weighted by atomic mass is 16.5. The topological polar surface area (TPSA) is 38.7 Å². The summed E-state index contributed by atoms with van der Waals surface area (Å²) in [6, 6.07) is 3.75. The summed E-state index contributed by atoms with van der Waals surface area (Å²) in [6.07, 6.45) is 0.244. The van der Waals surface area contributed by atoms with Crippen molar-refractivity contribution in [1.29, 1.82) is 0 Å². The molecule has 2 rings (SSSR count). The van der Waals surface area contributed by atoms with Gasteiger partial charge in [-0.05, 0) is 24.0 Å². The highest BCUT2D eigenvalue weighted by Gasteiger charge is 2.40. The highest BCUT2D eigenvalue weighted by Crippen LogP contribution is 2.51. The molecule has 1 aliphatic carbocycles. The fourth-order valence-electron chi connectivity index (χ4n) is 2.64. The van der Waals surface area contributed by atoms with Crippen molar-refractivity contribution < 1.29 is 14.6 Å². The Labute approximate surface area is 96.0 Å². The molecule has 0 radical (unpaired) electrons. The summed E-state index contributed by atoms with van der Waals surface area (Å²) >= 11 is 0. The number of hydrogen-bond acceptors (Lipinski definition) is 3. The Hall–Kier alpha value is -1.22. The molecule has 3 heteroatoms. The molecule has 0 saturated carbocycles. The van der Waals surface area contributed by atoms with Crippen molar-refractivity contribution in [2.75, 3.05) is 14.2 Å². The lowest BCUT2D eigenvalue weighted by Crippen LogP contribution is -2.13. The van der Waals surface area contributed by atoms with Crippen LogP contribution in [0.3, 0.4) is 0 Å². The van der Waals surface area contributed by atoms with E-state index in [-0.39, 0.29) is 5.41 Å². The van der Waals surface area contributed by atoms with Gasteiger partial charge >= 0.3 is 0 Å². The van der Waals surface area contributed by atoms with Gasteiger partial charge < -0.3 is 14.6 Å². The van der Waals surface area contributed by atoms with Gasteiger partial charge in [0.2, 0.25) is 0 Å². The van der Waals surface area contributed by atoms with Crippen LogP contribution in [-0.4, -0.2) is 19.3 Å². The number of aliphatic hydroxyl groups is 1. The van der Waals surface area contributed by atoms with Gasteiger partial charge in [-0.25, -0.2) is 0 Å². The third-order valence-electron chi connectivity index (χ3n) is 3.32. The quantitative estimate of drug-likeness (QED) is 0.835. The zero-order valence-electron chi connectivity index (χ0n) is 10.2. The molecule has 88 valence electrons. The SMILES string of the molecule is COc1ccc(OC)c2c1C(O)CC2(C)C. The molecule has 0 aliphatic heterocycles. The van der Waals surface area contributed by atoms with Gasteiger partial charge in [-0.1, -0.05) is 13.8 Å². The van der Waals surface area contributed by atoms with Crippen LogP contribution in [0.2, 0.25) is 0 Å². The Morgan fingerprint density at radius 3 is 2.31 bits per heavy atom. The molecule has 1 unspecified atom stereocenters. The van der Waals surface area contributed by atoms with E-state index < -0.39 is 6.10 Å². The van der Waals surface area contributed by atoms with Gasteiger partial charge in [-0.3, -0.25) is 0 Å². The molecule has 0 fully saturated rings. The minimum absolute atomic E-state index is 0.0748. The fourth-order valence-corrected chi connectivity index (χ4v) is 2.64. The number of methoxy groups -OCH3 is 2. The molecule has 1 N–H and O–H groups in total. The average molecular weight is 222 g/mol. The molecular formula is C13H18O3. The van der Waals surface area contributed by atoms with E-state index >= 15 is 0 Å². The molecule has 0 saturated heterocycles. The molecule has 0 bridgehead atoms. The van der Waals surface area contributed by atoms with E-state index in [4.69, 9.17) is 9.47 Å². The van der Waals surface area contributed by atoms with Crippen molar-refractivity contribution in [3.05, 3.63) is 23.3 Å². The average Bonchev–Trinajstić information content (AvgIpc) is 2.49. The first-order chi connectivity index (χ1) is 7.51. The molecule has 0 aromatic heterocycles. The molecule has 0 amide bonds. The minimum atomic E-state index is -0.463. The molecule has 1 atom stereocenters. The summed E-state index contributed by atoms with van der Waals surface area (Å²) in [5, 5.41) is 10.1. The lowest BCUT2D eigenvalue weighted by atomic mass is 9.86. The fraction of sp³-hybridized carbons (Fsp3) is 0.538. The molecule has 1 aromatic rings. The molecule has 0 heterocycles. The van der Waals surface area contributed by atoms with Crippen LogP contribution in [0.5, 0.6) is 11.5 Å². The van der Waals surface area contributed by atoms with Gasteiger partial charge in [-0.2, -0.15) is 0 Å². The lowest BCUT2D eigenvalue weighted by Gasteiger charge is -2.21. The van der Waals surface area contributed by atoms with E-state index in [1.54, 1.807) is 14.2 Å². The van der Waals surface area contributed by atoms with Crippen molar-refractivity contribution in [2.24, 2.45) is 0 Å². The van der Waals surface area contributed by atoms with Gasteiger partial charge in [0.15, 0.2) is 0 Å². The first kappa shape index (κ1) is 11.3. The Morgan fingerprint density at radius 2 is 1.75 bits per heavy atom. The maximum atomic E-state index is 10.1. The number of rotatable bonds is 2. The largest absolute Gasteiger partial charge is 0.496 e. The van der Waals surface area contributed by atoms with E-state index in [0.717, 1.165) is 22.6 Å². The van der Waals surface area contributed by atoms with Gasteiger partial charge in [0.1, 0.15) is 11.5 Å². The van der Waals surface area contributed by atoms with Gasteiger partial charge in [0, 0.05) is 11.1 Å². The zero-order chi connectivity index (χ0) is 11.9. The monoisotopic (exact) mass is 222 g/mol. The Balaban J connectivity index is 2.69. The maximum absolute atomic E-state index is 10.1. The van der Waals surface area contributed by atoms with Gasteiger partial charge in [-0.15, -0.1) is 0 Å². The maximum Gasteiger partial charge on any atom is 0.125 e. The smallest absolute Gasteiger partial charge is 0.125 e. The summed E-state index contributed by atoms with van der Waals surface area (Å²) in [4.78, 5) is 0. The molecule has 1 aromatic carbocycles. The minimum Gasteiger partial charge on any atom is -0.496 e. The van der Waals surface area contributed by atoms with Crippen LogP contribution in [0.15, 0.2) is 12.1 Å². The summed E-state index contributed by atoms with van der Waals surface area (Å²) < 4.78 is 10.7. The molecular weight excluding hydrogens is 204 g/mol. The number of benzene rings is 1. The second-order valence-electron chi connectivity index (χ2n) is 4.86. The number of aliphatic hydroxyl groups excluding tert-OH is 1. The normalized spacial score (nSPS) is 21.7. The Kier molecular flexibility index (Phi) is 2.58. The van der Waals surface area contributed by atoms with Crippen LogP contribution >= 0.6 is 0 Å². The third kappa shape index (κ3) is 1.47. The number of ether oxygens (including phenoxy) is 2. The molecule has 16 heavy (non-hydrogen) atoms. The van der Waals surface area contributed by atoms with Crippen molar-refractivity contribution in [2.45, 2.75) is 31.8 Å². The van der Waals surface area contributed by atoms with Crippen LogP contribution < -0.4 is 9.47 Å². The second kappa shape index (κ2) is 3.67. The van der Waals surface area contributed by atoms with E-state index in [0.29, 0.717) is 6.42 Å². The van der Waals surface area contributed by atoms with Crippen LogP contribution in [0.4, 0.5) is 0 Å². The molecule has 3 nitrogen and oxygen atoms in total. The third-order valence-corrected chi connectivity index (χ3v) is 3.32. The van der Waals surface area contributed by atoms with E-state index in [2.05, 4.69) is 13.8 Å². The van der Waals surface area contributed by atoms with Gasteiger partial charge in [0.25, 0.3) is 0 Å². The van der Waals surface area contributed by atoms with Crippen molar-refractivity contribution in [1.82, 2.24) is 0 Å². The lowest BCUT2D eigenvalue weighted by molar-refractivity contribution is 0.158. The first-order valence-electron chi connectivity index (χ1n) is 5.44. The predicted octanol–water partition coefficient (Wildman–Crippen LogP) is 2.42. The summed E-state index contributed by atoms with van der Waals surface area (Å²) in [6.45, 7) is 4.23. The summed E-state index contributed by atoms with van der Waals surface area (Å²) in [5.41, 5.74) is 1.88. The number of hydrogen-bond donors (Lipinski definition) is 1. The standard InChI is InChI=1S/C13H18O3/c1-13(2)7-8(14)11-9(15-3)5-6-10(16-4)12(11)13/h5-6,8,14H,7H2,1-4H3. The molecule has 1 aliphatic rings.